The highest BCUT2D eigenvalue weighted by Gasteiger charge is 2.71. The second-order valence-electron chi connectivity index (χ2n) is 5.96. The number of rotatable bonds is 1. The smallest absolute Gasteiger partial charge is 0.0767 e. The molecule has 3 aliphatic rings. The molecule has 2 saturated carbocycles. The fourth-order valence-electron chi connectivity index (χ4n) is 4.53. The first-order chi connectivity index (χ1) is 7.06. The third-order valence-electron chi connectivity index (χ3n) is 5.37. The summed E-state index contributed by atoms with van der Waals surface area (Å²) in [6.07, 6.45) is 4.36. The first-order valence-corrected chi connectivity index (χ1v) is 6.44. The van der Waals surface area contributed by atoms with Gasteiger partial charge in [0.2, 0.25) is 0 Å². The quantitative estimate of drug-likeness (QED) is 0.719. The Hall–Kier alpha value is -0.0800. The van der Waals surface area contributed by atoms with Gasteiger partial charge in [-0.2, -0.15) is 0 Å². The lowest BCUT2D eigenvalue weighted by molar-refractivity contribution is -0.00799. The molecular formula is C13H22O2. The Morgan fingerprint density at radius 2 is 1.67 bits per heavy atom. The molecule has 2 aliphatic carbocycles. The van der Waals surface area contributed by atoms with Gasteiger partial charge in [-0.15, -0.1) is 0 Å². The molecule has 0 spiro atoms. The van der Waals surface area contributed by atoms with Crippen molar-refractivity contribution in [3.8, 4) is 0 Å². The van der Waals surface area contributed by atoms with Gasteiger partial charge >= 0.3 is 0 Å². The van der Waals surface area contributed by atoms with Crippen LogP contribution in [-0.4, -0.2) is 22.9 Å². The SMILES string of the molecule is CC1OC(C)C(C2(O)C3CCCC32)C1C. The highest BCUT2D eigenvalue weighted by Crippen LogP contribution is 2.67. The summed E-state index contributed by atoms with van der Waals surface area (Å²) in [5.41, 5.74) is -0.359. The number of fused-ring (bicyclic) bond motifs is 1. The third kappa shape index (κ3) is 1.13. The Bertz CT molecular complexity index is 266. The summed E-state index contributed by atoms with van der Waals surface area (Å²) in [7, 11) is 0. The van der Waals surface area contributed by atoms with Crippen molar-refractivity contribution < 1.29 is 9.84 Å². The maximum atomic E-state index is 10.8. The van der Waals surface area contributed by atoms with Crippen molar-refractivity contribution in [1.29, 1.82) is 0 Å². The van der Waals surface area contributed by atoms with Crippen molar-refractivity contribution in [3.05, 3.63) is 0 Å². The normalized spacial score (nSPS) is 63.2. The van der Waals surface area contributed by atoms with Crippen molar-refractivity contribution in [3.63, 3.8) is 0 Å². The van der Waals surface area contributed by atoms with E-state index < -0.39 is 0 Å². The van der Waals surface area contributed by atoms with Crippen LogP contribution in [0.4, 0.5) is 0 Å². The summed E-state index contributed by atoms with van der Waals surface area (Å²) in [6, 6.07) is 0. The van der Waals surface area contributed by atoms with Gasteiger partial charge in [0.1, 0.15) is 0 Å². The summed E-state index contributed by atoms with van der Waals surface area (Å²) < 4.78 is 5.86. The Morgan fingerprint density at radius 1 is 1.07 bits per heavy atom. The van der Waals surface area contributed by atoms with E-state index in [2.05, 4.69) is 20.8 Å². The fraction of sp³-hybridized carbons (Fsp3) is 1.00. The zero-order valence-electron chi connectivity index (χ0n) is 9.94. The number of hydrogen-bond donors (Lipinski definition) is 1. The minimum absolute atomic E-state index is 0.241. The second kappa shape index (κ2) is 2.98. The van der Waals surface area contributed by atoms with Crippen molar-refractivity contribution >= 4 is 0 Å². The van der Waals surface area contributed by atoms with E-state index in [-0.39, 0.29) is 11.7 Å². The maximum absolute atomic E-state index is 10.8. The number of ether oxygens (including phenoxy) is 1. The van der Waals surface area contributed by atoms with Crippen LogP contribution in [-0.2, 0) is 4.74 Å². The van der Waals surface area contributed by atoms with E-state index in [1.54, 1.807) is 0 Å². The van der Waals surface area contributed by atoms with Crippen molar-refractivity contribution in [2.75, 3.05) is 0 Å². The zero-order chi connectivity index (χ0) is 10.8. The molecule has 6 unspecified atom stereocenters. The van der Waals surface area contributed by atoms with Crippen LogP contribution < -0.4 is 0 Å². The van der Waals surface area contributed by atoms with Gasteiger partial charge in [-0.05, 0) is 44.4 Å². The van der Waals surface area contributed by atoms with Crippen LogP contribution in [0.25, 0.3) is 0 Å². The second-order valence-corrected chi connectivity index (χ2v) is 5.96. The van der Waals surface area contributed by atoms with Crippen LogP contribution in [0.15, 0.2) is 0 Å². The Labute approximate surface area is 92.0 Å². The number of hydrogen-bond acceptors (Lipinski definition) is 2. The molecule has 86 valence electrons. The highest BCUT2D eigenvalue weighted by molar-refractivity contribution is 5.20. The average molecular weight is 210 g/mol. The van der Waals surface area contributed by atoms with Crippen LogP contribution in [0.3, 0.4) is 0 Å². The molecule has 0 aromatic carbocycles. The van der Waals surface area contributed by atoms with E-state index in [1.165, 1.54) is 19.3 Å². The lowest BCUT2D eigenvalue weighted by Gasteiger charge is -2.28. The molecule has 3 rings (SSSR count). The molecule has 1 N–H and O–H groups in total. The molecule has 6 atom stereocenters. The topological polar surface area (TPSA) is 29.5 Å². The Morgan fingerprint density at radius 3 is 2.13 bits per heavy atom. The lowest BCUT2D eigenvalue weighted by Crippen LogP contribution is -2.36. The minimum atomic E-state index is -0.359. The van der Waals surface area contributed by atoms with Gasteiger partial charge in [-0.1, -0.05) is 13.3 Å². The Kier molecular flexibility index (Phi) is 2.01. The van der Waals surface area contributed by atoms with Gasteiger partial charge in [-0.25, -0.2) is 0 Å². The number of aliphatic hydroxyl groups is 1. The van der Waals surface area contributed by atoms with E-state index >= 15 is 0 Å². The molecule has 0 aromatic rings. The fourth-order valence-corrected chi connectivity index (χ4v) is 4.53. The average Bonchev–Trinajstić information content (AvgIpc) is 2.58. The molecule has 1 aliphatic heterocycles. The summed E-state index contributed by atoms with van der Waals surface area (Å²) in [4.78, 5) is 0. The molecule has 15 heavy (non-hydrogen) atoms. The first kappa shape index (κ1) is 10.1. The lowest BCUT2D eigenvalue weighted by atomic mass is 9.80. The van der Waals surface area contributed by atoms with E-state index in [0.717, 1.165) is 0 Å². The monoisotopic (exact) mass is 210 g/mol. The molecule has 0 amide bonds. The van der Waals surface area contributed by atoms with Gasteiger partial charge < -0.3 is 9.84 Å². The van der Waals surface area contributed by atoms with Gasteiger partial charge in [-0.3, -0.25) is 0 Å². The van der Waals surface area contributed by atoms with Gasteiger partial charge in [0, 0.05) is 5.92 Å². The summed E-state index contributed by atoms with van der Waals surface area (Å²) >= 11 is 0. The highest BCUT2D eigenvalue weighted by atomic mass is 16.5. The maximum Gasteiger partial charge on any atom is 0.0767 e. The molecule has 2 nitrogen and oxygen atoms in total. The van der Waals surface area contributed by atoms with E-state index in [1.807, 2.05) is 0 Å². The summed E-state index contributed by atoms with van der Waals surface area (Å²) in [5.74, 6) is 2.08. The molecular weight excluding hydrogens is 188 g/mol. The molecule has 3 fully saturated rings. The standard InChI is InChI=1S/C13H22O2/c1-7-8(2)15-9(3)12(7)13(14)10-5-4-6-11(10)13/h7-12,14H,4-6H2,1-3H3. The van der Waals surface area contributed by atoms with E-state index in [4.69, 9.17) is 4.74 Å². The molecule has 2 heteroatoms. The predicted molar refractivity (Wildman–Crippen MR) is 58.4 cm³/mol. The molecule has 0 aromatic heterocycles. The van der Waals surface area contributed by atoms with Crippen molar-refractivity contribution in [2.45, 2.75) is 57.8 Å². The summed E-state index contributed by atoms with van der Waals surface area (Å²) in [5, 5.41) is 10.8. The predicted octanol–water partition coefficient (Wildman–Crippen LogP) is 2.21. The van der Waals surface area contributed by atoms with Gasteiger partial charge in [0.05, 0.1) is 17.8 Å². The van der Waals surface area contributed by atoms with Crippen molar-refractivity contribution in [1.82, 2.24) is 0 Å². The molecule has 0 radical (unpaired) electrons. The third-order valence-corrected chi connectivity index (χ3v) is 5.37. The van der Waals surface area contributed by atoms with Gasteiger partial charge in [0.15, 0.2) is 0 Å². The first-order valence-electron chi connectivity index (χ1n) is 6.44. The van der Waals surface area contributed by atoms with Crippen LogP contribution >= 0.6 is 0 Å². The van der Waals surface area contributed by atoms with Crippen LogP contribution in [0.1, 0.15) is 40.0 Å². The molecule has 1 heterocycles. The zero-order valence-corrected chi connectivity index (χ0v) is 9.94. The van der Waals surface area contributed by atoms with Crippen LogP contribution in [0.2, 0.25) is 0 Å². The molecule has 0 bridgehead atoms. The van der Waals surface area contributed by atoms with Gasteiger partial charge in [0.25, 0.3) is 0 Å². The minimum Gasteiger partial charge on any atom is -0.389 e. The Balaban J connectivity index is 1.83. The van der Waals surface area contributed by atoms with Crippen molar-refractivity contribution in [2.24, 2.45) is 23.7 Å². The molecule has 1 saturated heterocycles. The van der Waals surface area contributed by atoms with Crippen LogP contribution in [0.5, 0.6) is 0 Å². The van der Waals surface area contributed by atoms with E-state index in [9.17, 15) is 5.11 Å². The van der Waals surface area contributed by atoms with Crippen LogP contribution in [0, 0.1) is 23.7 Å². The van der Waals surface area contributed by atoms with E-state index in [0.29, 0.717) is 29.8 Å². The summed E-state index contributed by atoms with van der Waals surface area (Å²) in [6.45, 7) is 6.52. The largest absolute Gasteiger partial charge is 0.389 e.